The molecule has 3 aromatic carbocycles. The van der Waals surface area contributed by atoms with E-state index in [0.717, 1.165) is 16.0 Å². The minimum atomic E-state index is -3.98. The Morgan fingerprint density at radius 3 is 2.50 bits per heavy atom. The van der Waals surface area contributed by atoms with E-state index in [9.17, 15) is 13.2 Å². The lowest BCUT2D eigenvalue weighted by Gasteiger charge is -2.19. The van der Waals surface area contributed by atoms with Crippen LogP contribution in [-0.4, -0.2) is 38.2 Å². The van der Waals surface area contributed by atoms with Crippen molar-refractivity contribution in [3.05, 3.63) is 83.8 Å². The van der Waals surface area contributed by atoms with E-state index in [-0.39, 0.29) is 23.5 Å². The maximum Gasteiger partial charge on any atom is 0.245 e. The predicted octanol–water partition coefficient (Wildman–Crippen LogP) is 5.50. The second kappa shape index (κ2) is 9.82. The summed E-state index contributed by atoms with van der Waals surface area (Å²) < 4.78 is 43.6. The van der Waals surface area contributed by atoms with E-state index in [4.69, 9.17) is 11.6 Å². The number of aromatic nitrogens is 1. The SMILES string of the molecule is CSc1ccc(-c2ccc(N3CCC(NS(=O)(=O)c4ccc5cc(Cl)ccc5c4)C3=O)c(F)c2)cn1. The largest absolute Gasteiger partial charge is 0.308 e. The van der Waals surface area contributed by atoms with Gasteiger partial charge in [-0.25, -0.2) is 17.8 Å². The maximum atomic E-state index is 15.0. The molecule has 1 atom stereocenters. The maximum absolute atomic E-state index is 15.0. The third kappa shape index (κ3) is 4.84. The Kier molecular flexibility index (Phi) is 6.74. The number of amides is 1. The van der Waals surface area contributed by atoms with Crippen LogP contribution in [-0.2, 0) is 14.8 Å². The van der Waals surface area contributed by atoms with Gasteiger partial charge in [-0.05, 0) is 71.5 Å². The summed E-state index contributed by atoms with van der Waals surface area (Å²) in [4.78, 5) is 18.7. The van der Waals surface area contributed by atoms with Gasteiger partial charge in [-0.1, -0.05) is 35.9 Å². The van der Waals surface area contributed by atoms with E-state index in [2.05, 4.69) is 9.71 Å². The third-order valence-corrected chi connectivity index (χ3v) is 8.47. The van der Waals surface area contributed by atoms with Gasteiger partial charge in [0.05, 0.1) is 15.6 Å². The summed E-state index contributed by atoms with van der Waals surface area (Å²) in [6.45, 7) is 0.197. The molecule has 1 unspecified atom stereocenters. The standard InChI is InChI=1S/C26H21ClFN3O3S2/c1-35-25-9-5-19(15-29-25)18-4-8-24(22(28)14-18)31-11-10-23(26(31)32)30-36(33,34)21-7-3-16-12-20(27)6-2-17(16)13-21/h2-9,12-15,23,30H,10-11H2,1H3. The van der Waals surface area contributed by atoms with Crippen LogP contribution >= 0.6 is 23.4 Å². The van der Waals surface area contributed by atoms with Gasteiger partial charge < -0.3 is 4.90 Å². The monoisotopic (exact) mass is 541 g/mol. The third-order valence-electron chi connectivity index (χ3n) is 6.10. The Bertz CT molecular complexity index is 1580. The van der Waals surface area contributed by atoms with Crippen molar-refractivity contribution in [1.82, 2.24) is 9.71 Å². The Hall–Kier alpha value is -2.98. The van der Waals surface area contributed by atoms with Gasteiger partial charge in [0, 0.05) is 23.3 Å². The number of hydrogen-bond donors (Lipinski definition) is 1. The van der Waals surface area contributed by atoms with Gasteiger partial charge in [-0.3, -0.25) is 4.79 Å². The molecule has 184 valence electrons. The molecule has 1 aliphatic rings. The van der Waals surface area contributed by atoms with E-state index in [0.29, 0.717) is 16.0 Å². The molecule has 0 spiro atoms. The highest BCUT2D eigenvalue weighted by Crippen LogP contribution is 2.30. The van der Waals surface area contributed by atoms with Crippen LogP contribution < -0.4 is 9.62 Å². The zero-order chi connectivity index (χ0) is 25.4. The average Bonchev–Trinajstić information content (AvgIpc) is 3.22. The van der Waals surface area contributed by atoms with E-state index in [1.165, 1.54) is 40.9 Å². The minimum Gasteiger partial charge on any atom is -0.308 e. The van der Waals surface area contributed by atoms with Crippen LogP contribution in [0.2, 0.25) is 5.02 Å². The second-order valence-corrected chi connectivity index (χ2v) is 11.3. The van der Waals surface area contributed by atoms with E-state index in [1.807, 2.05) is 18.4 Å². The van der Waals surface area contributed by atoms with Crippen molar-refractivity contribution in [1.29, 1.82) is 0 Å². The van der Waals surface area contributed by atoms with Crippen molar-refractivity contribution < 1.29 is 17.6 Å². The summed E-state index contributed by atoms with van der Waals surface area (Å²) in [7, 11) is -3.98. The van der Waals surface area contributed by atoms with E-state index in [1.54, 1.807) is 36.5 Å². The van der Waals surface area contributed by atoms with Crippen LogP contribution in [0.15, 0.2) is 82.8 Å². The molecule has 10 heteroatoms. The second-order valence-electron chi connectivity index (χ2n) is 8.36. The summed E-state index contributed by atoms with van der Waals surface area (Å²) in [6, 6.07) is 17.2. The predicted molar refractivity (Wildman–Crippen MR) is 141 cm³/mol. The Balaban J connectivity index is 1.33. The fraction of sp³-hybridized carbons (Fsp3) is 0.154. The molecule has 36 heavy (non-hydrogen) atoms. The topological polar surface area (TPSA) is 79.4 Å². The highest BCUT2D eigenvalue weighted by molar-refractivity contribution is 7.98. The Labute approximate surface area is 217 Å². The Morgan fingerprint density at radius 1 is 1.03 bits per heavy atom. The number of fused-ring (bicyclic) bond motifs is 1. The first-order chi connectivity index (χ1) is 17.2. The number of carbonyl (C=O) groups is 1. The minimum absolute atomic E-state index is 0.0419. The number of thioether (sulfide) groups is 1. The molecule has 1 aromatic heterocycles. The molecule has 2 heterocycles. The molecule has 0 radical (unpaired) electrons. The van der Waals surface area contributed by atoms with Crippen LogP contribution in [0.1, 0.15) is 6.42 Å². The van der Waals surface area contributed by atoms with Crippen molar-refractivity contribution in [2.24, 2.45) is 0 Å². The number of nitrogens with zero attached hydrogens (tertiary/aromatic N) is 2. The molecule has 4 aromatic rings. The number of hydrogen-bond acceptors (Lipinski definition) is 5. The van der Waals surface area contributed by atoms with Crippen molar-refractivity contribution in [3.63, 3.8) is 0 Å². The first kappa shape index (κ1) is 24.7. The molecular formula is C26H21ClFN3O3S2. The molecule has 1 aliphatic heterocycles. The lowest BCUT2D eigenvalue weighted by Crippen LogP contribution is -2.41. The van der Waals surface area contributed by atoms with Crippen LogP contribution in [0.4, 0.5) is 10.1 Å². The number of anilines is 1. The van der Waals surface area contributed by atoms with Gasteiger partial charge in [0.25, 0.3) is 0 Å². The van der Waals surface area contributed by atoms with Gasteiger partial charge in [-0.15, -0.1) is 11.8 Å². The zero-order valence-electron chi connectivity index (χ0n) is 19.1. The summed E-state index contributed by atoms with van der Waals surface area (Å²) in [5.74, 6) is -1.06. The highest BCUT2D eigenvalue weighted by atomic mass is 35.5. The lowest BCUT2D eigenvalue weighted by molar-refractivity contribution is -0.118. The number of sulfonamides is 1. The normalized spacial score (nSPS) is 16.1. The molecule has 0 saturated carbocycles. The fourth-order valence-corrected chi connectivity index (χ4v) is 6.02. The molecule has 1 fully saturated rings. The molecule has 1 saturated heterocycles. The fourth-order valence-electron chi connectivity index (χ4n) is 4.22. The molecule has 5 rings (SSSR count). The number of rotatable bonds is 6. The number of carbonyl (C=O) groups excluding carboxylic acids is 1. The van der Waals surface area contributed by atoms with Crippen molar-refractivity contribution >= 4 is 55.8 Å². The quantitative estimate of drug-likeness (QED) is 0.326. The first-order valence-electron chi connectivity index (χ1n) is 11.1. The number of benzene rings is 3. The van der Waals surface area contributed by atoms with Crippen LogP contribution in [0.5, 0.6) is 0 Å². The number of nitrogens with one attached hydrogen (secondary N) is 1. The van der Waals surface area contributed by atoms with Crippen molar-refractivity contribution in [2.75, 3.05) is 17.7 Å². The number of halogens is 2. The average molecular weight is 542 g/mol. The zero-order valence-corrected chi connectivity index (χ0v) is 21.5. The van der Waals surface area contributed by atoms with Gasteiger partial charge in [-0.2, -0.15) is 4.72 Å². The molecule has 1 amide bonds. The molecule has 0 aliphatic carbocycles. The Morgan fingerprint density at radius 2 is 1.78 bits per heavy atom. The molecule has 0 bridgehead atoms. The van der Waals surface area contributed by atoms with Gasteiger partial charge >= 0.3 is 0 Å². The van der Waals surface area contributed by atoms with Crippen molar-refractivity contribution in [3.8, 4) is 11.1 Å². The smallest absolute Gasteiger partial charge is 0.245 e. The molecular weight excluding hydrogens is 521 g/mol. The van der Waals surface area contributed by atoms with E-state index >= 15 is 4.39 Å². The molecule has 6 nitrogen and oxygen atoms in total. The van der Waals surface area contributed by atoms with Crippen LogP contribution in [0.3, 0.4) is 0 Å². The van der Waals surface area contributed by atoms with Gasteiger partial charge in [0.2, 0.25) is 15.9 Å². The lowest BCUT2D eigenvalue weighted by atomic mass is 10.1. The van der Waals surface area contributed by atoms with Crippen LogP contribution in [0.25, 0.3) is 21.9 Å². The van der Waals surface area contributed by atoms with Crippen LogP contribution in [0, 0.1) is 5.82 Å². The summed E-state index contributed by atoms with van der Waals surface area (Å²) in [5.41, 5.74) is 1.51. The molecule has 1 N–H and O–H groups in total. The number of pyridine rings is 1. The first-order valence-corrected chi connectivity index (χ1v) is 14.2. The van der Waals surface area contributed by atoms with Crippen molar-refractivity contribution in [2.45, 2.75) is 22.4 Å². The van der Waals surface area contributed by atoms with Gasteiger partial charge in [0.15, 0.2) is 0 Å². The summed E-state index contributed by atoms with van der Waals surface area (Å²) in [6.07, 6.45) is 3.82. The van der Waals surface area contributed by atoms with Gasteiger partial charge in [0.1, 0.15) is 11.9 Å². The highest BCUT2D eigenvalue weighted by Gasteiger charge is 2.36. The summed E-state index contributed by atoms with van der Waals surface area (Å²) in [5, 5.41) is 2.93. The summed E-state index contributed by atoms with van der Waals surface area (Å²) >= 11 is 7.52. The van der Waals surface area contributed by atoms with E-state index < -0.39 is 27.8 Å².